The minimum absolute atomic E-state index is 0.0388. The van der Waals surface area contributed by atoms with Crippen LogP contribution in [0.15, 0.2) is 12.1 Å². The zero-order chi connectivity index (χ0) is 15.8. The number of benzene rings is 1. The molecule has 0 bridgehead atoms. The summed E-state index contributed by atoms with van der Waals surface area (Å²) in [5.74, 6) is 0.360. The fourth-order valence-corrected chi connectivity index (χ4v) is 2.65. The van der Waals surface area contributed by atoms with Gasteiger partial charge in [-0.2, -0.15) is 5.10 Å². The molecule has 0 saturated carbocycles. The third kappa shape index (κ3) is 3.04. The number of amides is 1. The number of nitrogens with one attached hydrogen (secondary N) is 2. The van der Waals surface area contributed by atoms with Gasteiger partial charge in [0, 0.05) is 7.05 Å². The number of carbonyl (C=O) groups is 1. The summed E-state index contributed by atoms with van der Waals surface area (Å²) in [6.45, 7) is 6.65. The number of aromatic nitrogens is 2. The van der Waals surface area contributed by atoms with Gasteiger partial charge < -0.3 is 10.6 Å². The van der Waals surface area contributed by atoms with Crippen LogP contribution in [0.25, 0.3) is 10.9 Å². The Morgan fingerprint density at radius 1 is 1.38 bits per heavy atom. The highest BCUT2D eigenvalue weighted by Gasteiger charge is 2.23. The van der Waals surface area contributed by atoms with Crippen LogP contribution >= 0.6 is 11.6 Å². The molecule has 2 rings (SSSR count). The maximum absolute atomic E-state index is 11.8. The van der Waals surface area contributed by atoms with Crippen LogP contribution in [0.3, 0.4) is 0 Å². The van der Waals surface area contributed by atoms with E-state index in [1.165, 1.54) is 0 Å². The molecule has 21 heavy (non-hydrogen) atoms. The second-order valence-electron chi connectivity index (χ2n) is 6.12. The fraction of sp³-hybridized carbons (Fsp3) is 0.467. The Morgan fingerprint density at radius 2 is 2.05 bits per heavy atom. The summed E-state index contributed by atoms with van der Waals surface area (Å²) in [4.78, 5) is 11.8. The molecule has 0 aliphatic heterocycles. The Balaban J connectivity index is 2.63. The molecular formula is C15H21ClN4O. The molecule has 0 fully saturated rings. The number of carbonyl (C=O) groups excluding carboxylic acids is 1. The first-order chi connectivity index (χ1) is 9.75. The predicted octanol–water partition coefficient (Wildman–Crippen LogP) is 2.68. The van der Waals surface area contributed by atoms with Gasteiger partial charge in [0.2, 0.25) is 5.91 Å². The van der Waals surface area contributed by atoms with E-state index in [1.807, 2.05) is 19.2 Å². The van der Waals surface area contributed by atoms with E-state index < -0.39 is 0 Å². The van der Waals surface area contributed by atoms with Crippen molar-refractivity contribution in [2.24, 2.45) is 7.05 Å². The molecule has 0 unspecified atom stereocenters. The minimum atomic E-state index is -0.144. The quantitative estimate of drug-likeness (QED) is 0.916. The highest BCUT2D eigenvalue weighted by molar-refractivity contribution is 6.36. The van der Waals surface area contributed by atoms with Gasteiger partial charge in [0.05, 0.1) is 22.5 Å². The van der Waals surface area contributed by atoms with Gasteiger partial charge in [0.15, 0.2) is 5.82 Å². The maximum atomic E-state index is 11.8. The van der Waals surface area contributed by atoms with Crippen molar-refractivity contribution in [2.45, 2.75) is 26.2 Å². The van der Waals surface area contributed by atoms with Gasteiger partial charge in [-0.3, -0.25) is 9.48 Å². The summed E-state index contributed by atoms with van der Waals surface area (Å²) < 4.78 is 1.77. The monoisotopic (exact) mass is 308 g/mol. The van der Waals surface area contributed by atoms with Crippen molar-refractivity contribution in [1.29, 1.82) is 0 Å². The zero-order valence-corrected chi connectivity index (χ0v) is 13.8. The molecule has 0 aliphatic rings. The van der Waals surface area contributed by atoms with Gasteiger partial charge in [0.25, 0.3) is 0 Å². The van der Waals surface area contributed by atoms with Gasteiger partial charge >= 0.3 is 0 Å². The maximum Gasteiger partial charge on any atom is 0.239 e. The summed E-state index contributed by atoms with van der Waals surface area (Å²) >= 11 is 6.34. The molecular weight excluding hydrogens is 288 g/mol. The third-order valence-corrected chi connectivity index (χ3v) is 3.66. The van der Waals surface area contributed by atoms with Crippen molar-refractivity contribution in [3.05, 3.63) is 22.7 Å². The summed E-state index contributed by atoms with van der Waals surface area (Å²) in [6.07, 6.45) is 0. The number of hydrogen-bond acceptors (Lipinski definition) is 3. The summed E-state index contributed by atoms with van der Waals surface area (Å²) in [7, 11) is 3.59. The summed E-state index contributed by atoms with van der Waals surface area (Å²) in [5, 5.41) is 11.4. The van der Waals surface area contributed by atoms with Crippen LogP contribution in [-0.2, 0) is 17.3 Å². The number of likely N-dealkylation sites (N-methyl/N-ethyl adjacent to an activating group) is 1. The van der Waals surface area contributed by atoms with Crippen LogP contribution in [0.2, 0.25) is 5.02 Å². The molecule has 114 valence electrons. The second kappa shape index (κ2) is 5.66. The molecule has 1 amide bonds. The Morgan fingerprint density at radius 3 is 2.62 bits per heavy atom. The molecule has 5 nitrogen and oxygen atoms in total. The van der Waals surface area contributed by atoms with Gasteiger partial charge in [-0.05, 0) is 24.1 Å². The Bertz CT molecular complexity index is 685. The third-order valence-electron chi connectivity index (χ3n) is 3.34. The topological polar surface area (TPSA) is 59.0 Å². The van der Waals surface area contributed by atoms with E-state index in [0.29, 0.717) is 10.8 Å². The lowest BCUT2D eigenvalue weighted by atomic mass is 9.85. The van der Waals surface area contributed by atoms with Crippen molar-refractivity contribution < 1.29 is 4.79 Å². The van der Waals surface area contributed by atoms with Crippen molar-refractivity contribution in [2.75, 3.05) is 18.9 Å². The van der Waals surface area contributed by atoms with E-state index in [-0.39, 0.29) is 17.9 Å². The number of halogens is 1. The molecule has 0 spiro atoms. The van der Waals surface area contributed by atoms with Gasteiger partial charge in [-0.1, -0.05) is 38.4 Å². The van der Waals surface area contributed by atoms with Gasteiger partial charge in [0.1, 0.15) is 0 Å². The van der Waals surface area contributed by atoms with E-state index >= 15 is 0 Å². The second-order valence-corrected chi connectivity index (χ2v) is 6.53. The molecule has 2 aromatic rings. The fourth-order valence-electron chi connectivity index (χ4n) is 2.41. The van der Waals surface area contributed by atoms with E-state index in [4.69, 9.17) is 11.6 Å². The molecule has 1 aromatic carbocycles. The smallest absolute Gasteiger partial charge is 0.239 e. The van der Waals surface area contributed by atoms with Gasteiger partial charge in [-0.25, -0.2) is 0 Å². The average Bonchev–Trinajstić information content (AvgIpc) is 2.66. The van der Waals surface area contributed by atoms with Crippen LogP contribution in [0.5, 0.6) is 0 Å². The van der Waals surface area contributed by atoms with Crippen molar-refractivity contribution >= 4 is 34.2 Å². The minimum Gasteiger partial charge on any atom is -0.311 e. The number of rotatable bonds is 3. The van der Waals surface area contributed by atoms with Crippen molar-refractivity contribution in [1.82, 2.24) is 15.1 Å². The first-order valence-electron chi connectivity index (χ1n) is 6.86. The Hall–Kier alpha value is -1.59. The van der Waals surface area contributed by atoms with E-state index in [0.717, 1.165) is 16.5 Å². The number of anilines is 1. The SMILES string of the molecule is CNCC(=O)Nc1nn(C)c2c(C(C)(C)C)ccc(Cl)c12. The largest absolute Gasteiger partial charge is 0.311 e. The first kappa shape index (κ1) is 15.8. The lowest BCUT2D eigenvalue weighted by Gasteiger charge is -2.20. The molecule has 0 saturated heterocycles. The molecule has 1 aromatic heterocycles. The predicted molar refractivity (Wildman–Crippen MR) is 87.0 cm³/mol. The van der Waals surface area contributed by atoms with Crippen LogP contribution in [0, 0.1) is 0 Å². The number of nitrogens with zero attached hydrogens (tertiary/aromatic N) is 2. The first-order valence-corrected chi connectivity index (χ1v) is 7.23. The van der Waals surface area contributed by atoms with E-state index in [9.17, 15) is 4.79 Å². The molecule has 0 atom stereocenters. The normalized spacial score (nSPS) is 11.9. The van der Waals surface area contributed by atoms with Gasteiger partial charge in [-0.15, -0.1) is 0 Å². The molecule has 2 N–H and O–H groups in total. The van der Waals surface area contributed by atoms with Crippen molar-refractivity contribution in [3.8, 4) is 0 Å². The van der Waals surface area contributed by atoms with Crippen LogP contribution in [0.4, 0.5) is 5.82 Å². The van der Waals surface area contributed by atoms with Crippen LogP contribution < -0.4 is 10.6 Å². The zero-order valence-electron chi connectivity index (χ0n) is 13.0. The number of hydrogen-bond donors (Lipinski definition) is 2. The van der Waals surface area contributed by atoms with E-state index in [1.54, 1.807) is 11.7 Å². The van der Waals surface area contributed by atoms with Crippen LogP contribution in [0.1, 0.15) is 26.3 Å². The van der Waals surface area contributed by atoms with Crippen molar-refractivity contribution in [3.63, 3.8) is 0 Å². The average molecular weight is 309 g/mol. The lowest BCUT2D eigenvalue weighted by Crippen LogP contribution is -2.25. The Labute approximate surface area is 129 Å². The molecule has 0 radical (unpaired) electrons. The highest BCUT2D eigenvalue weighted by atomic mass is 35.5. The molecule has 6 heteroatoms. The highest BCUT2D eigenvalue weighted by Crippen LogP contribution is 2.37. The molecule has 1 heterocycles. The van der Waals surface area contributed by atoms with E-state index in [2.05, 4.69) is 36.5 Å². The standard InChI is InChI=1S/C15H21ClN4O/c1-15(2,3)9-6-7-10(16)12-13(9)20(5)19-14(12)18-11(21)8-17-4/h6-7,17H,8H2,1-5H3,(H,18,19,21). The lowest BCUT2D eigenvalue weighted by molar-refractivity contribution is -0.115. The Kier molecular flexibility index (Phi) is 4.25. The summed E-state index contributed by atoms with van der Waals surface area (Å²) in [5.41, 5.74) is 2.06. The number of aryl methyl sites for hydroxylation is 1. The number of fused-ring (bicyclic) bond motifs is 1. The summed E-state index contributed by atoms with van der Waals surface area (Å²) in [6, 6.07) is 3.88. The molecule has 0 aliphatic carbocycles. The van der Waals surface area contributed by atoms with Crippen LogP contribution in [-0.4, -0.2) is 29.3 Å².